The second-order valence-corrected chi connectivity index (χ2v) is 5.15. The van der Waals surface area contributed by atoms with Crippen LogP contribution in [-0.4, -0.2) is 18.1 Å². The second-order valence-electron chi connectivity index (χ2n) is 5.15. The molecule has 4 nitrogen and oxygen atoms in total. The van der Waals surface area contributed by atoms with E-state index in [9.17, 15) is 9.18 Å². The van der Waals surface area contributed by atoms with Crippen LogP contribution in [0.15, 0.2) is 18.2 Å². The minimum Gasteiger partial charge on any atom is -0.484 e. The Morgan fingerprint density at radius 2 is 2.06 bits per heavy atom. The summed E-state index contributed by atoms with van der Waals surface area (Å²) in [4.78, 5) is 10.6. The molecule has 0 heterocycles. The highest BCUT2D eigenvalue weighted by atomic mass is 19.1. The quantitative estimate of drug-likeness (QED) is 0.838. The summed E-state index contributed by atoms with van der Waals surface area (Å²) in [5.41, 5.74) is 5.66. The van der Waals surface area contributed by atoms with Gasteiger partial charge < -0.3 is 15.8 Å². The van der Waals surface area contributed by atoms with Crippen molar-refractivity contribution in [2.24, 2.45) is 5.73 Å². The molecule has 0 radical (unpaired) electrons. The molecule has 3 N–H and O–H groups in total. The van der Waals surface area contributed by atoms with E-state index in [-0.39, 0.29) is 12.1 Å². The van der Waals surface area contributed by atoms with Crippen molar-refractivity contribution in [3.05, 3.63) is 29.6 Å². The van der Waals surface area contributed by atoms with Gasteiger partial charge in [-0.25, -0.2) is 4.39 Å². The molecule has 1 rings (SSSR count). The third kappa shape index (κ3) is 5.63. The van der Waals surface area contributed by atoms with Gasteiger partial charge in [0.15, 0.2) is 6.61 Å². The summed E-state index contributed by atoms with van der Waals surface area (Å²) in [5, 5.41) is 3.24. The molecule has 0 atom stereocenters. The average Bonchev–Trinajstić information content (AvgIpc) is 2.22. The SMILES string of the molecule is CC(C)(C)NCc1cc(F)cc(OCC(N)=O)c1. The van der Waals surface area contributed by atoms with Crippen LogP contribution in [-0.2, 0) is 11.3 Å². The zero-order valence-electron chi connectivity index (χ0n) is 10.9. The molecule has 18 heavy (non-hydrogen) atoms. The predicted molar refractivity (Wildman–Crippen MR) is 67.7 cm³/mol. The van der Waals surface area contributed by atoms with E-state index < -0.39 is 11.7 Å². The molecule has 1 amide bonds. The molecular formula is C13H19FN2O2. The lowest BCUT2D eigenvalue weighted by Crippen LogP contribution is -2.35. The molecule has 0 saturated heterocycles. The van der Waals surface area contributed by atoms with Gasteiger partial charge in [-0.1, -0.05) is 0 Å². The number of benzene rings is 1. The number of primary amides is 1. The number of hydrogen-bond acceptors (Lipinski definition) is 3. The van der Waals surface area contributed by atoms with E-state index in [2.05, 4.69) is 5.32 Å². The Bertz CT molecular complexity index is 427. The maximum Gasteiger partial charge on any atom is 0.255 e. The van der Waals surface area contributed by atoms with Crippen LogP contribution >= 0.6 is 0 Å². The smallest absolute Gasteiger partial charge is 0.255 e. The van der Waals surface area contributed by atoms with Crippen LogP contribution in [0.4, 0.5) is 4.39 Å². The first kappa shape index (κ1) is 14.4. The molecule has 0 aliphatic carbocycles. The van der Waals surface area contributed by atoms with E-state index in [0.29, 0.717) is 12.3 Å². The van der Waals surface area contributed by atoms with Crippen molar-refractivity contribution in [1.82, 2.24) is 5.32 Å². The monoisotopic (exact) mass is 254 g/mol. The average molecular weight is 254 g/mol. The van der Waals surface area contributed by atoms with E-state index in [0.717, 1.165) is 5.56 Å². The first-order valence-electron chi connectivity index (χ1n) is 5.72. The number of nitrogens with one attached hydrogen (secondary N) is 1. The van der Waals surface area contributed by atoms with Crippen molar-refractivity contribution in [3.63, 3.8) is 0 Å². The number of halogens is 1. The van der Waals surface area contributed by atoms with Crippen molar-refractivity contribution in [1.29, 1.82) is 0 Å². The molecule has 1 aromatic carbocycles. The Balaban J connectivity index is 2.71. The molecule has 0 unspecified atom stereocenters. The Labute approximate surface area is 106 Å². The van der Waals surface area contributed by atoms with Crippen molar-refractivity contribution >= 4 is 5.91 Å². The number of carbonyl (C=O) groups excluding carboxylic acids is 1. The van der Waals surface area contributed by atoms with Gasteiger partial charge in [-0.15, -0.1) is 0 Å². The lowest BCUT2D eigenvalue weighted by Gasteiger charge is -2.20. The van der Waals surface area contributed by atoms with Crippen LogP contribution in [0, 0.1) is 5.82 Å². The molecule has 0 saturated carbocycles. The van der Waals surface area contributed by atoms with Gasteiger partial charge in [0.1, 0.15) is 11.6 Å². The zero-order valence-corrected chi connectivity index (χ0v) is 10.9. The maximum absolute atomic E-state index is 13.3. The predicted octanol–water partition coefficient (Wildman–Crippen LogP) is 1.58. The molecule has 0 aliphatic rings. The van der Waals surface area contributed by atoms with Crippen LogP contribution in [0.3, 0.4) is 0 Å². The Kier molecular flexibility index (Phi) is 4.67. The number of nitrogens with two attached hydrogens (primary N) is 1. The van der Waals surface area contributed by atoms with Gasteiger partial charge in [0.2, 0.25) is 0 Å². The summed E-state index contributed by atoms with van der Waals surface area (Å²) in [5.74, 6) is -0.684. The van der Waals surface area contributed by atoms with Crippen LogP contribution in [0.5, 0.6) is 5.75 Å². The fraction of sp³-hybridized carbons (Fsp3) is 0.462. The first-order valence-corrected chi connectivity index (χ1v) is 5.72. The van der Waals surface area contributed by atoms with E-state index in [4.69, 9.17) is 10.5 Å². The molecule has 1 aromatic rings. The summed E-state index contributed by atoms with van der Waals surface area (Å²) in [7, 11) is 0. The molecule has 0 fully saturated rings. The van der Waals surface area contributed by atoms with Gasteiger partial charge >= 0.3 is 0 Å². The molecule has 0 aromatic heterocycles. The highest BCUT2D eigenvalue weighted by Crippen LogP contribution is 2.17. The number of hydrogen-bond donors (Lipinski definition) is 2. The zero-order chi connectivity index (χ0) is 13.8. The maximum atomic E-state index is 13.3. The third-order valence-corrected chi connectivity index (χ3v) is 2.14. The standard InChI is InChI=1S/C13H19FN2O2/c1-13(2,3)16-7-9-4-10(14)6-11(5-9)18-8-12(15)17/h4-6,16H,7-8H2,1-3H3,(H2,15,17). The summed E-state index contributed by atoms with van der Waals surface area (Å²) in [6, 6.07) is 4.34. The number of ether oxygens (including phenoxy) is 1. The first-order chi connectivity index (χ1) is 8.26. The molecular weight excluding hydrogens is 235 g/mol. The van der Waals surface area contributed by atoms with Crippen molar-refractivity contribution in [2.45, 2.75) is 32.9 Å². The van der Waals surface area contributed by atoms with Crippen molar-refractivity contribution in [3.8, 4) is 5.75 Å². The highest BCUT2D eigenvalue weighted by molar-refractivity contribution is 5.75. The number of rotatable bonds is 5. The summed E-state index contributed by atoms with van der Waals surface area (Å²) < 4.78 is 18.4. The number of amides is 1. The summed E-state index contributed by atoms with van der Waals surface area (Å²) in [6.07, 6.45) is 0. The Morgan fingerprint density at radius 1 is 1.39 bits per heavy atom. The fourth-order valence-electron chi connectivity index (χ4n) is 1.33. The topological polar surface area (TPSA) is 64.3 Å². The second kappa shape index (κ2) is 5.82. The minimum atomic E-state index is -0.589. The van der Waals surface area contributed by atoms with Crippen LogP contribution in [0.2, 0.25) is 0 Å². The normalized spacial score (nSPS) is 11.3. The lowest BCUT2D eigenvalue weighted by molar-refractivity contribution is -0.119. The summed E-state index contributed by atoms with van der Waals surface area (Å²) >= 11 is 0. The molecule has 0 spiro atoms. The van der Waals surface area contributed by atoms with Crippen LogP contribution in [0.25, 0.3) is 0 Å². The van der Waals surface area contributed by atoms with Gasteiger partial charge in [-0.05, 0) is 38.5 Å². The number of carbonyl (C=O) groups is 1. The minimum absolute atomic E-state index is 0.0550. The molecule has 5 heteroatoms. The largest absolute Gasteiger partial charge is 0.484 e. The highest BCUT2D eigenvalue weighted by Gasteiger charge is 2.10. The van der Waals surface area contributed by atoms with E-state index in [1.165, 1.54) is 12.1 Å². The lowest BCUT2D eigenvalue weighted by atomic mass is 10.1. The molecule has 0 bridgehead atoms. The summed E-state index contributed by atoms with van der Waals surface area (Å²) in [6.45, 7) is 6.34. The van der Waals surface area contributed by atoms with E-state index >= 15 is 0 Å². The third-order valence-electron chi connectivity index (χ3n) is 2.14. The van der Waals surface area contributed by atoms with Gasteiger partial charge in [0.25, 0.3) is 5.91 Å². The van der Waals surface area contributed by atoms with Crippen molar-refractivity contribution < 1.29 is 13.9 Å². The van der Waals surface area contributed by atoms with Gasteiger partial charge in [0.05, 0.1) is 0 Å². The van der Waals surface area contributed by atoms with E-state index in [1.54, 1.807) is 6.07 Å². The van der Waals surface area contributed by atoms with Gasteiger partial charge in [0, 0.05) is 18.2 Å². The van der Waals surface area contributed by atoms with Crippen molar-refractivity contribution in [2.75, 3.05) is 6.61 Å². The molecule has 0 aliphatic heterocycles. The van der Waals surface area contributed by atoms with Gasteiger partial charge in [-0.3, -0.25) is 4.79 Å². The Hall–Kier alpha value is -1.62. The van der Waals surface area contributed by atoms with E-state index in [1.807, 2.05) is 20.8 Å². The van der Waals surface area contributed by atoms with Crippen LogP contribution in [0.1, 0.15) is 26.3 Å². The van der Waals surface area contributed by atoms with Gasteiger partial charge in [-0.2, -0.15) is 0 Å². The van der Waals surface area contributed by atoms with Crippen LogP contribution < -0.4 is 15.8 Å². The fourth-order valence-corrected chi connectivity index (χ4v) is 1.33. The Morgan fingerprint density at radius 3 is 2.61 bits per heavy atom. The molecule has 100 valence electrons.